The highest BCUT2D eigenvalue weighted by molar-refractivity contribution is 9.10. The summed E-state index contributed by atoms with van der Waals surface area (Å²) in [7, 11) is 0. The lowest BCUT2D eigenvalue weighted by Crippen LogP contribution is -2.37. The molecule has 1 aliphatic heterocycles. The van der Waals surface area contributed by atoms with Crippen molar-refractivity contribution >= 4 is 27.5 Å². The van der Waals surface area contributed by atoms with E-state index in [2.05, 4.69) is 21.2 Å². The molecule has 0 aromatic heterocycles. The third kappa shape index (κ3) is 2.90. The number of benzene rings is 1. The van der Waals surface area contributed by atoms with Crippen LogP contribution in [0.2, 0.25) is 5.02 Å². The lowest BCUT2D eigenvalue weighted by atomic mass is 10.1. The van der Waals surface area contributed by atoms with E-state index in [4.69, 9.17) is 16.3 Å². The average Bonchev–Trinajstić information content (AvgIpc) is 3.10. The van der Waals surface area contributed by atoms with E-state index in [0.29, 0.717) is 12.1 Å². The molecule has 1 saturated heterocycles. The Hall–Kier alpha value is -0.0900. The zero-order chi connectivity index (χ0) is 12.5. The lowest BCUT2D eigenvalue weighted by molar-refractivity contribution is 0.0809. The van der Waals surface area contributed by atoms with Crippen molar-refractivity contribution in [1.29, 1.82) is 0 Å². The van der Waals surface area contributed by atoms with Crippen LogP contribution in [0.5, 0.6) is 0 Å². The van der Waals surface area contributed by atoms with Gasteiger partial charge in [0.2, 0.25) is 0 Å². The number of hydrogen-bond donors (Lipinski definition) is 1. The normalized spacial score (nSPS) is 27.7. The fourth-order valence-corrected chi connectivity index (χ4v) is 3.22. The molecule has 0 radical (unpaired) electrons. The number of hydrogen-bond acceptors (Lipinski definition) is 2. The maximum absolute atomic E-state index is 6.03. The predicted octanol–water partition coefficient (Wildman–Crippen LogP) is 3.76. The van der Waals surface area contributed by atoms with Crippen molar-refractivity contribution in [3.63, 3.8) is 0 Å². The topological polar surface area (TPSA) is 21.3 Å². The summed E-state index contributed by atoms with van der Waals surface area (Å²) in [5.74, 6) is 0.799. The van der Waals surface area contributed by atoms with Crippen LogP contribution < -0.4 is 5.32 Å². The number of halogens is 2. The quantitative estimate of drug-likeness (QED) is 0.907. The zero-order valence-electron chi connectivity index (χ0n) is 10.2. The predicted molar refractivity (Wildman–Crippen MR) is 76.9 cm³/mol. The van der Waals surface area contributed by atoms with E-state index in [1.165, 1.54) is 18.4 Å². The van der Waals surface area contributed by atoms with Crippen LogP contribution in [-0.4, -0.2) is 18.8 Å². The molecule has 1 saturated carbocycles. The van der Waals surface area contributed by atoms with Crippen molar-refractivity contribution in [2.75, 3.05) is 6.61 Å². The van der Waals surface area contributed by atoms with Gasteiger partial charge in [-0.15, -0.1) is 0 Å². The van der Waals surface area contributed by atoms with E-state index in [0.717, 1.165) is 35.0 Å². The van der Waals surface area contributed by atoms with Crippen LogP contribution in [-0.2, 0) is 11.3 Å². The molecule has 1 aliphatic carbocycles. The second kappa shape index (κ2) is 5.49. The van der Waals surface area contributed by atoms with Crippen molar-refractivity contribution in [3.05, 3.63) is 33.3 Å². The molecule has 0 amide bonds. The largest absolute Gasteiger partial charge is 0.376 e. The molecular formula is C14H17BrClNO. The van der Waals surface area contributed by atoms with Crippen LogP contribution in [0, 0.1) is 5.92 Å². The van der Waals surface area contributed by atoms with Crippen LogP contribution >= 0.6 is 27.5 Å². The van der Waals surface area contributed by atoms with E-state index in [-0.39, 0.29) is 0 Å². The minimum absolute atomic E-state index is 0.433. The molecule has 1 aromatic carbocycles. The van der Waals surface area contributed by atoms with Gasteiger partial charge in [-0.25, -0.2) is 0 Å². The molecule has 18 heavy (non-hydrogen) atoms. The molecule has 4 heteroatoms. The van der Waals surface area contributed by atoms with Crippen LogP contribution in [0.15, 0.2) is 22.7 Å². The van der Waals surface area contributed by atoms with Crippen LogP contribution in [0.4, 0.5) is 0 Å². The third-order valence-corrected chi connectivity index (χ3v) is 4.79. The second-order valence-corrected chi connectivity index (χ2v) is 6.48. The van der Waals surface area contributed by atoms with E-state index in [1.54, 1.807) is 0 Å². The lowest BCUT2D eigenvalue weighted by Gasteiger charge is -2.20. The minimum atomic E-state index is 0.433. The zero-order valence-corrected chi connectivity index (χ0v) is 12.5. The summed E-state index contributed by atoms with van der Waals surface area (Å²) in [5.41, 5.74) is 1.21. The summed E-state index contributed by atoms with van der Waals surface area (Å²) in [6.07, 6.45) is 4.23. The van der Waals surface area contributed by atoms with Gasteiger partial charge in [-0.3, -0.25) is 0 Å². The van der Waals surface area contributed by atoms with Crippen LogP contribution in [0.3, 0.4) is 0 Å². The van der Waals surface area contributed by atoms with Gasteiger partial charge in [0.1, 0.15) is 0 Å². The van der Waals surface area contributed by atoms with Gasteiger partial charge < -0.3 is 10.1 Å². The first kappa shape index (κ1) is 12.9. The SMILES string of the molecule is Clc1ccc(Br)c(CNC2CCOC2C2CC2)c1. The standard InChI is InChI=1S/C14H17BrClNO/c15-12-4-3-11(16)7-10(12)8-17-13-5-6-18-14(13)9-1-2-9/h3-4,7,9,13-14,17H,1-2,5-6,8H2. The van der Waals surface area contributed by atoms with Crippen LogP contribution in [0.1, 0.15) is 24.8 Å². The average molecular weight is 331 g/mol. The highest BCUT2D eigenvalue weighted by Crippen LogP contribution is 2.38. The van der Waals surface area contributed by atoms with Crippen molar-refractivity contribution in [2.45, 2.75) is 38.0 Å². The van der Waals surface area contributed by atoms with E-state index in [9.17, 15) is 0 Å². The van der Waals surface area contributed by atoms with Crippen molar-refractivity contribution in [1.82, 2.24) is 5.32 Å². The first-order valence-electron chi connectivity index (χ1n) is 6.53. The molecule has 2 unspecified atom stereocenters. The molecule has 2 fully saturated rings. The Morgan fingerprint density at radius 2 is 2.17 bits per heavy atom. The summed E-state index contributed by atoms with van der Waals surface area (Å²) in [6.45, 7) is 1.74. The first-order valence-corrected chi connectivity index (χ1v) is 7.70. The maximum Gasteiger partial charge on any atom is 0.0757 e. The smallest absolute Gasteiger partial charge is 0.0757 e. The fraction of sp³-hybridized carbons (Fsp3) is 0.571. The molecule has 98 valence electrons. The molecule has 2 nitrogen and oxygen atoms in total. The van der Waals surface area contributed by atoms with Gasteiger partial charge >= 0.3 is 0 Å². The van der Waals surface area contributed by atoms with Gasteiger partial charge in [-0.05, 0) is 48.9 Å². The molecular weight excluding hydrogens is 314 g/mol. The third-order valence-electron chi connectivity index (χ3n) is 3.78. The monoisotopic (exact) mass is 329 g/mol. The summed E-state index contributed by atoms with van der Waals surface area (Å²) < 4.78 is 6.94. The van der Waals surface area contributed by atoms with Gasteiger partial charge in [0.25, 0.3) is 0 Å². The molecule has 3 rings (SSSR count). The van der Waals surface area contributed by atoms with E-state index >= 15 is 0 Å². The van der Waals surface area contributed by atoms with Crippen LogP contribution in [0.25, 0.3) is 0 Å². The Morgan fingerprint density at radius 1 is 1.33 bits per heavy atom. The molecule has 0 spiro atoms. The number of ether oxygens (including phenoxy) is 1. The second-order valence-electron chi connectivity index (χ2n) is 5.18. The van der Waals surface area contributed by atoms with Gasteiger partial charge in [-0.2, -0.15) is 0 Å². The molecule has 2 atom stereocenters. The fourth-order valence-electron chi connectivity index (χ4n) is 2.64. The summed E-state index contributed by atoms with van der Waals surface area (Å²) in [5, 5.41) is 4.41. The highest BCUT2D eigenvalue weighted by atomic mass is 79.9. The molecule has 1 N–H and O–H groups in total. The van der Waals surface area contributed by atoms with Crippen molar-refractivity contribution in [3.8, 4) is 0 Å². The molecule has 1 aromatic rings. The minimum Gasteiger partial charge on any atom is -0.376 e. The maximum atomic E-state index is 6.03. The Kier molecular flexibility index (Phi) is 3.94. The summed E-state index contributed by atoms with van der Waals surface area (Å²) in [6, 6.07) is 6.42. The Balaban J connectivity index is 1.61. The highest BCUT2D eigenvalue weighted by Gasteiger charge is 2.40. The van der Waals surface area contributed by atoms with Crippen molar-refractivity contribution < 1.29 is 4.74 Å². The van der Waals surface area contributed by atoms with E-state index in [1.807, 2.05) is 18.2 Å². The molecule has 0 bridgehead atoms. The van der Waals surface area contributed by atoms with Gasteiger partial charge in [0, 0.05) is 28.7 Å². The molecule has 2 aliphatic rings. The Morgan fingerprint density at radius 3 is 2.94 bits per heavy atom. The summed E-state index contributed by atoms with van der Waals surface area (Å²) in [4.78, 5) is 0. The van der Waals surface area contributed by atoms with Gasteiger partial charge in [0.15, 0.2) is 0 Å². The van der Waals surface area contributed by atoms with Gasteiger partial charge in [-0.1, -0.05) is 27.5 Å². The van der Waals surface area contributed by atoms with Gasteiger partial charge in [0.05, 0.1) is 6.10 Å². The summed E-state index contributed by atoms with van der Waals surface area (Å²) >= 11 is 9.59. The Labute approximate surface area is 121 Å². The number of nitrogens with one attached hydrogen (secondary N) is 1. The Bertz CT molecular complexity index is 436. The molecule has 1 heterocycles. The van der Waals surface area contributed by atoms with Crippen molar-refractivity contribution in [2.24, 2.45) is 5.92 Å². The first-order chi connectivity index (χ1) is 8.74. The van der Waals surface area contributed by atoms with E-state index < -0.39 is 0 Å². The number of rotatable bonds is 4.